The molecule has 1 saturated heterocycles. The molecule has 7 heteroatoms. The molecule has 1 atom stereocenters. The summed E-state index contributed by atoms with van der Waals surface area (Å²) in [7, 11) is 0. The molecule has 1 unspecified atom stereocenters. The largest absolute Gasteiger partial charge is 0.376 e. The molecule has 4 nitrogen and oxygen atoms in total. The van der Waals surface area contributed by atoms with E-state index in [0.717, 1.165) is 29.7 Å². The van der Waals surface area contributed by atoms with Crippen LogP contribution in [0.4, 0.5) is 5.13 Å². The number of carbonyl (C=O) groups excluding carboxylic acids is 1. The fourth-order valence-electron chi connectivity index (χ4n) is 3.02. The molecule has 1 amide bonds. The van der Waals surface area contributed by atoms with E-state index < -0.39 is 0 Å². The number of aromatic nitrogens is 1. The van der Waals surface area contributed by atoms with Crippen LogP contribution in [0.15, 0.2) is 42.5 Å². The first kappa shape index (κ1) is 17.7. The van der Waals surface area contributed by atoms with Gasteiger partial charge < -0.3 is 4.74 Å². The van der Waals surface area contributed by atoms with E-state index in [0.29, 0.717) is 27.3 Å². The van der Waals surface area contributed by atoms with Crippen LogP contribution >= 0.6 is 34.5 Å². The Morgan fingerprint density at radius 1 is 1.27 bits per heavy atom. The van der Waals surface area contributed by atoms with Gasteiger partial charge in [0.2, 0.25) is 0 Å². The molecule has 0 spiro atoms. The fourth-order valence-corrected chi connectivity index (χ4v) is 4.49. The number of hydrogen-bond acceptors (Lipinski definition) is 4. The van der Waals surface area contributed by atoms with Gasteiger partial charge in [-0.25, -0.2) is 4.98 Å². The first-order chi connectivity index (χ1) is 12.6. The van der Waals surface area contributed by atoms with Crippen LogP contribution in [0.25, 0.3) is 10.2 Å². The summed E-state index contributed by atoms with van der Waals surface area (Å²) in [6, 6.07) is 12.6. The third kappa shape index (κ3) is 3.58. The van der Waals surface area contributed by atoms with Crippen molar-refractivity contribution in [2.24, 2.45) is 0 Å². The Hall–Kier alpha value is -1.66. The maximum absolute atomic E-state index is 13.2. The van der Waals surface area contributed by atoms with E-state index in [1.54, 1.807) is 23.1 Å². The molecule has 4 rings (SSSR count). The lowest BCUT2D eigenvalue weighted by Gasteiger charge is -2.23. The maximum atomic E-state index is 13.2. The van der Waals surface area contributed by atoms with Crippen molar-refractivity contribution in [3.63, 3.8) is 0 Å². The third-order valence-electron chi connectivity index (χ3n) is 4.33. The third-order valence-corrected chi connectivity index (χ3v) is 5.94. The highest BCUT2D eigenvalue weighted by Crippen LogP contribution is 2.33. The number of nitrogens with zero attached hydrogens (tertiary/aromatic N) is 2. The highest BCUT2D eigenvalue weighted by atomic mass is 35.5. The SMILES string of the molecule is O=C(c1ccccc1Cl)N(CC1CCCO1)c1nc2ccc(Cl)cc2s1. The van der Waals surface area contributed by atoms with Crippen molar-refractivity contribution in [1.29, 1.82) is 0 Å². The number of halogens is 2. The summed E-state index contributed by atoms with van der Waals surface area (Å²) in [6.45, 7) is 1.19. The summed E-state index contributed by atoms with van der Waals surface area (Å²) in [5, 5.41) is 1.71. The summed E-state index contributed by atoms with van der Waals surface area (Å²) in [5.41, 5.74) is 1.28. The molecule has 0 aliphatic carbocycles. The van der Waals surface area contributed by atoms with Gasteiger partial charge in [-0.2, -0.15) is 0 Å². The average Bonchev–Trinajstić information content (AvgIpc) is 3.28. The lowest BCUT2D eigenvalue weighted by atomic mass is 10.1. The smallest absolute Gasteiger partial charge is 0.261 e. The van der Waals surface area contributed by atoms with E-state index in [1.807, 2.05) is 24.3 Å². The van der Waals surface area contributed by atoms with Gasteiger partial charge in [-0.05, 0) is 43.2 Å². The van der Waals surface area contributed by atoms with Gasteiger partial charge in [0.15, 0.2) is 5.13 Å². The Balaban J connectivity index is 1.73. The number of fused-ring (bicyclic) bond motifs is 1. The summed E-state index contributed by atoms with van der Waals surface area (Å²) in [5.74, 6) is -0.170. The molecule has 2 aromatic carbocycles. The Bertz CT molecular complexity index is 954. The van der Waals surface area contributed by atoms with Gasteiger partial charge in [0.05, 0.1) is 33.5 Å². The minimum atomic E-state index is -0.170. The van der Waals surface area contributed by atoms with Crippen LogP contribution in [0.2, 0.25) is 10.0 Å². The molecular weight excluding hydrogens is 391 g/mol. The number of ether oxygens (including phenoxy) is 1. The van der Waals surface area contributed by atoms with Crippen LogP contribution in [0.1, 0.15) is 23.2 Å². The number of thiazole rings is 1. The zero-order valence-corrected chi connectivity index (χ0v) is 16.2. The second-order valence-corrected chi connectivity index (χ2v) is 7.99. The number of rotatable bonds is 4. The monoisotopic (exact) mass is 406 g/mol. The molecule has 1 aliphatic rings. The average molecular weight is 407 g/mol. The van der Waals surface area contributed by atoms with Crippen LogP contribution in [0.3, 0.4) is 0 Å². The Morgan fingerprint density at radius 2 is 2.12 bits per heavy atom. The quantitative estimate of drug-likeness (QED) is 0.579. The van der Waals surface area contributed by atoms with Crippen LogP contribution in [-0.2, 0) is 4.74 Å². The molecule has 2 heterocycles. The molecule has 134 valence electrons. The van der Waals surface area contributed by atoms with Crippen LogP contribution in [-0.4, -0.2) is 30.1 Å². The van der Waals surface area contributed by atoms with Crippen molar-refractivity contribution >= 4 is 55.8 Å². The standard InChI is InChI=1S/C19H16Cl2N2O2S/c20-12-7-8-16-17(10-12)26-19(22-16)23(11-13-4-3-9-25-13)18(24)14-5-1-2-6-15(14)21/h1-2,5-8,10,13H,3-4,9,11H2. The number of carbonyl (C=O) groups is 1. The van der Waals surface area contributed by atoms with Crippen molar-refractivity contribution < 1.29 is 9.53 Å². The molecule has 26 heavy (non-hydrogen) atoms. The molecule has 0 radical (unpaired) electrons. The molecule has 0 bridgehead atoms. The summed E-state index contributed by atoms with van der Waals surface area (Å²) in [6.07, 6.45) is 1.95. The zero-order valence-electron chi connectivity index (χ0n) is 13.8. The topological polar surface area (TPSA) is 42.4 Å². The summed E-state index contributed by atoms with van der Waals surface area (Å²) >= 11 is 13.8. The van der Waals surface area contributed by atoms with Gasteiger partial charge in [0, 0.05) is 11.6 Å². The Kier molecular flexibility index (Phi) is 5.14. The number of anilines is 1. The normalized spacial score (nSPS) is 16.9. The predicted octanol–water partition coefficient (Wildman–Crippen LogP) is 5.43. The van der Waals surface area contributed by atoms with Gasteiger partial charge in [0.25, 0.3) is 5.91 Å². The van der Waals surface area contributed by atoms with E-state index in [9.17, 15) is 4.79 Å². The van der Waals surface area contributed by atoms with E-state index >= 15 is 0 Å². The summed E-state index contributed by atoms with van der Waals surface area (Å²) in [4.78, 5) is 19.5. The van der Waals surface area contributed by atoms with Gasteiger partial charge >= 0.3 is 0 Å². The number of amides is 1. The van der Waals surface area contributed by atoms with Gasteiger partial charge in [-0.15, -0.1) is 0 Å². The van der Waals surface area contributed by atoms with Gasteiger partial charge in [-0.3, -0.25) is 9.69 Å². The lowest BCUT2D eigenvalue weighted by molar-refractivity contribution is 0.0917. The molecule has 1 fully saturated rings. The highest BCUT2D eigenvalue weighted by molar-refractivity contribution is 7.22. The second-order valence-electron chi connectivity index (χ2n) is 6.14. The van der Waals surface area contributed by atoms with Crippen molar-refractivity contribution in [2.45, 2.75) is 18.9 Å². The van der Waals surface area contributed by atoms with E-state index in [4.69, 9.17) is 27.9 Å². The van der Waals surface area contributed by atoms with Crippen LogP contribution in [0.5, 0.6) is 0 Å². The van der Waals surface area contributed by atoms with Gasteiger partial charge in [0.1, 0.15) is 0 Å². The van der Waals surface area contributed by atoms with E-state index in [-0.39, 0.29) is 12.0 Å². The van der Waals surface area contributed by atoms with Crippen molar-refractivity contribution in [3.05, 3.63) is 58.1 Å². The molecule has 1 aromatic heterocycles. The molecule has 0 saturated carbocycles. The molecule has 0 N–H and O–H groups in total. The molecule has 1 aliphatic heterocycles. The predicted molar refractivity (Wildman–Crippen MR) is 107 cm³/mol. The Labute approximate surface area is 165 Å². The molecule has 3 aromatic rings. The zero-order chi connectivity index (χ0) is 18.1. The minimum absolute atomic E-state index is 0.0111. The van der Waals surface area contributed by atoms with Crippen molar-refractivity contribution in [2.75, 3.05) is 18.1 Å². The highest BCUT2D eigenvalue weighted by Gasteiger charge is 2.28. The maximum Gasteiger partial charge on any atom is 0.261 e. The Morgan fingerprint density at radius 3 is 2.88 bits per heavy atom. The molecular formula is C19H16Cl2N2O2S. The van der Waals surface area contributed by atoms with Crippen molar-refractivity contribution in [3.8, 4) is 0 Å². The van der Waals surface area contributed by atoms with E-state index in [1.165, 1.54) is 11.3 Å². The van der Waals surface area contributed by atoms with Crippen molar-refractivity contribution in [1.82, 2.24) is 4.98 Å². The summed E-state index contributed by atoms with van der Waals surface area (Å²) < 4.78 is 6.68. The van der Waals surface area contributed by atoms with Crippen LogP contribution < -0.4 is 4.90 Å². The number of hydrogen-bond donors (Lipinski definition) is 0. The van der Waals surface area contributed by atoms with Gasteiger partial charge in [-0.1, -0.05) is 46.7 Å². The fraction of sp³-hybridized carbons (Fsp3) is 0.263. The first-order valence-electron chi connectivity index (χ1n) is 8.36. The number of benzene rings is 2. The van der Waals surface area contributed by atoms with E-state index in [2.05, 4.69) is 4.98 Å². The van der Waals surface area contributed by atoms with Crippen LogP contribution in [0, 0.1) is 0 Å². The first-order valence-corrected chi connectivity index (χ1v) is 9.93. The minimum Gasteiger partial charge on any atom is -0.376 e. The second kappa shape index (κ2) is 7.53. The lowest BCUT2D eigenvalue weighted by Crippen LogP contribution is -2.37.